The molecule has 0 aliphatic heterocycles. The van der Waals surface area contributed by atoms with Crippen molar-refractivity contribution in [3.05, 3.63) is 60.2 Å². The molecule has 1 heterocycles. The first-order chi connectivity index (χ1) is 14.1. The van der Waals surface area contributed by atoms with Crippen LogP contribution in [0.1, 0.15) is 12.5 Å². The quantitative estimate of drug-likeness (QED) is 0.519. The highest BCUT2D eigenvalue weighted by molar-refractivity contribution is 7.99. The second kappa shape index (κ2) is 10.2. The van der Waals surface area contributed by atoms with Gasteiger partial charge in [0.1, 0.15) is 0 Å². The van der Waals surface area contributed by atoms with E-state index in [-0.39, 0.29) is 17.4 Å². The summed E-state index contributed by atoms with van der Waals surface area (Å²) in [4.78, 5) is 29.2. The number of thioether (sulfide) groups is 1. The zero-order valence-corrected chi connectivity index (χ0v) is 17.4. The molecule has 0 saturated carbocycles. The maximum atomic E-state index is 12.5. The Labute approximate surface area is 174 Å². The molecule has 1 atom stereocenters. The Morgan fingerprint density at radius 2 is 1.86 bits per heavy atom. The molecule has 1 unspecified atom stereocenters. The van der Waals surface area contributed by atoms with Gasteiger partial charge in [-0.25, -0.2) is 4.98 Å². The summed E-state index contributed by atoms with van der Waals surface area (Å²) in [6.07, 6.45) is 0.485. The highest BCUT2D eigenvalue weighted by Crippen LogP contribution is 2.24. The number of carbonyl (C=O) groups excluding carboxylic acids is 2. The third-order valence-corrected chi connectivity index (χ3v) is 5.56. The van der Waals surface area contributed by atoms with Gasteiger partial charge in [0.05, 0.1) is 29.4 Å². The largest absolute Gasteiger partial charge is 0.383 e. The number of aromatic nitrogens is 2. The van der Waals surface area contributed by atoms with Crippen molar-refractivity contribution < 1.29 is 14.3 Å². The van der Waals surface area contributed by atoms with E-state index in [1.54, 1.807) is 7.11 Å². The molecule has 1 amide bonds. The van der Waals surface area contributed by atoms with Crippen molar-refractivity contribution in [2.45, 2.75) is 31.1 Å². The molecule has 3 aromatic rings. The lowest BCUT2D eigenvalue weighted by Gasteiger charge is -2.16. The van der Waals surface area contributed by atoms with E-state index in [0.717, 1.165) is 21.8 Å². The van der Waals surface area contributed by atoms with Crippen molar-refractivity contribution >= 4 is 34.5 Å². The van der Waals surface area contributed by atoms with E-state index in [9.17, 15) is 9.59 Å². The number of hydrogen-bond donors (Lipinski definition) is 1. The Bertz CT molecular complexity index is 972. The molecule has 0 aliphatic carbocycles. The zero-order valence-electron chi connectivity index (χ0n) is 16.6. The van der Waals surface area contributed by atoms with Crippen LogP contribution in [0.5, 0.6) is 0 Å². The monoisotopic (exact) mass is 411 g/mol. The van der Waals surface area contributed by atoms with Gasteiger partial charge in [0.2, 0.25) is 5.91 Å². The molecule has 1 aromatic heterocycles. The number of ketones is 1. The molecule has 0 saturated heterocycles. The number of ether oxygens (including phenoxy) is 1. The molecular formula is C22H25N3O3S. The topological polar surface area (TPSA) is 73.2 Å². The fraction of sp³-hybridized carbons (Fsp3) is 0.318. The average molecular weight is 412 g/mol. The van der Waals surface area contributed by atoms with Crippen LogP contribution in [0.25, 0.3) is 11.0 Å². The minimum Gasteiger partial charge on any atom is -0.383 e. The van der Waals surface area contributed by atoms with Crippen molar-refractivity contribution in [2.24, 2.45) is 0 Å². The van der Waals surface area contributed by atoms with Gasteiger partial charge in [-0.2, -0.15) is 0 Å². The standard InChI is InChI=1S/C22H25N3O3S/c1-16(26)19(14-17-8-4-3-5-9-17)23-21(27)15-29-22-24-18-10-6-7-11-20(18)25(22)12-13-28-2/h3-11,19H,12-15H2,1-2H3,(H,23,27). The van der Waals surface area contributed by atoms with Crippen LogP contribution in [0.15, 0.2) is 59.8 Å². The number of benzene rings is 2. The molecule has 0 bridgehead atoms. The Kier molecular flexibility index (Phi) is 7.43. The summed E-state index contributed by atoms with van der Waals surface area (Å²) in [6.45, 7) is 2.72. The van der Waals surface area contributed by atoms with Gasteiger partial charge >= 0.3 is 0 Å². The van der Waals surface area contributed by atoms with Crippen LogP contribution < -0.4 is 5.32 Å². The van der Waals surface area contributed by atoms with Gasteiger partial charge in [-0.05, 0) is 31.0 Å². The fourth-order valence-electron chi connectivity index (χ4n) is 3.07. The van der Waals surface area contributed by atoms with Crippen LogP contribution in [0, 0.1) is 0 Å². The molecule has 7 heteroatoms. The van der Waals surface area contributed by atoms with Gasteiger partial charge in [-0.1, -0.05) is 54.2 Å². The molecule has 152 valence electrons. The molecule has 2 aromatic carbocycles. The first-order valence-electron chi connectivity index (χ1n) is 9.49. The first-order valence-corrected chi connectivity index (χ1v) is 10.5. The molecule has 3 rings (SSSR count). The Hall–Kier alpha value is -2.64. The Morgan fingerprint density at radius 3 is 2.59 bits per heavy atom. The van der Waals surface area contributed by atoms with Crippen molar-refractivity contribution in [1.29, 1.82) is 0 Å². The lowest BCUT2D eigenvalue weighted by atomic mass is 10.0. The summed E-state index contributed by atoms with van der Waals surface area (Å²) in [5.41, 5.74) is 2.91. The summed E-state index contributed by atoms with van der Waals surface area (Å²) >= 11 is 1.36. The summed E-state index contributed by atoms with van der Waals surface area (Å²) in [7, 11) is 1.66. The average Bonchev–Trinajstić information content (AvgIpc) is 3.08. The van der Waals surface area contributed by atoms with E-state index in [1.165, 1.54) is 18.7 Å². The number of methoxy groups -OCH3 is 1. The maximum absolute atomic E-state index is 12.5. The third kappa shape index (κ3) is 5.68. The van der Waals surface area contributed by atoms with Crippen molar-refractivity contribution in [2.75, 3.05) is 19.5 Å². The maximum Gasteiger partial charge on any atom is 0.231 e. The number of carbonyl (C=O) groups is 2. The third-order valence-electron chi connectivity index (χ3n) is 4.58. The van der Waals surface area contributed by atoms with E-state index in [0.29, 0.717) is 19.6 Å². The van der Waals surface area contributed by atoms with Crippen LogP contribution in [0.3, 0.4) is 0 Å². The second-order valence-corrected chi connectivity index (χ2v) is 7.68. The molecule has 29 heavy (non-hydrogen) atoms. The lowest BCUT2D eigenvalue weighted by molar-refractivity contribution is -0.125. The summed E-state index contributed by atoms with van der Waals surface area (Å²) < 4.78 is 7.26. The summed E-state index contributed by atoms with van der Waals surface area (Å²) in [5.74, 6) is -0.0504. The molecule has 1 N–H and O–H groups in total. The zero-order chi connectivity index (χ0) is 20.6. The van der Waals surface area contributed by atoms with Gasteiger partial charge < -0.3 is 14.6 Å². The van der Waals surface area contributed by atoms with E-state index >= 15 is 0 Å². The van der Waals surface area contributed by atoms with Crippen LogP contribution in [-0.2, 0) is 27.3 Å². The molecule has 6 nitrogen and oxygen atoms in total. The molecule has 0 fully saturated rings. The van der Waals surface area contributed by atoms with Gasteiger partial charge in [-0.3, -0.25) is 9.59 Å². The molecule has 0 spiro atoms. The lowest BCUT2D eigenvalue weighted by Crippen LogP contribution is -2.42. The number of nitrogens with one attached hydrogen (secondary N) is 1. The molecular weight excluding hydrogens is 386 g/mol. The number of rotatable bonds is 10. The summed E-state index contributed by atoms with van der Waals surface area (Å²) in [6, 6.07) is 17.0. The highest BCUT2D eigenvalue weighted by atomic mass is 32.2. The molecule has 0 radical (unpaired) electrons. The number of Topliss-reactive ketones (excluding diaryl/α,β-unsaturated/α-hetero) is 1. The predicted octanol–water partition coefficient (Wildman–Crippen LogP) is 3.09. The number of para-hydroxylation sites is 2. The van der Waals surface area contributed by atoms with E-state index < -0.39 is 6.04 Å². The minimum atomic E-state index is -0.530. The van der Waals surface area contributed by atoms with Crippen molar-refractivity contribution in [1.82, 2.24) is 14.9 Å². The van der Waals surface area contributed by atoms with E-state index in [4.69, 9.17) is 4.74 Å². The highest BCUT2D eigenvalue weighted by Gasteiger charge is 2.19. The number of imidazole rings is 1. The van der Waals surface area contributed by atoms with Crippen LogP contribution >= 0.6 is 11.8 Å². The number of hydrogen-bond acceptors (Lipinski definition) is 5. The second-order valence-electron chi connectivity index (χ2n) is 6.74. The minimum absolute atomic E-state index is 0.0560. The van der Waals surface area contributed by atoms with Gasteiger partial charge in [0.25, 0.3) is 0 Å². The van der Waals surface area contributed by atoms with E-state index in [2.05, 4.69) is 14.9 Å². The normalized spacial score (nSPS) is 12.1. The number of amides is 1. The van der Waals surface area contributed by atoms with Gasteiger partial charge in [-0.15, -0.1) is 0 Å². The Morgan fingerprint density at radius 1 is 1.14 bits per heavy atom. The predicted molar refractivity (Wildman–Crippen MR) is 115 cm³/mol. The van der Waals surface area contributed by atoms with Crippen LogP contribution in [0.4, 0.5) is 0 Å². The fourth-order valence-corrected chi connectivity index (χ4v) is 3.93. The molecule has 0 aliphatic rings. The summed E-state index contributed by atoms with van der Waals surface area (Å²) in [5, 5.41) is 3.63. The van der Waals surface area contributed by atoms with Gasteiger partial charge in [0.15, 0.2) is 10.9 Å². The Balaban J connectivity index is 1.65. The van der Waals surface area contributed by atoms with E-state index in [1.807, 2.05) is 54.6 Å². The number of fused-ring (bicyclic) bond motifs is 1. The smallest absolute Gasteiger partial charge is 0.231 e. The van der Waals surface area contributed by atoms with Crippen LogP contribution in [-0.4, -0.2) is 46.8 Å². The van der Waals surface area contributed by atoms with Gasteiger partial charge in [0, 0.05) is 13.7 Å². The van der Waals surface area contributed by atoms with Crippen molar-refractivity contribution in [3.63, 3.8) is 0 Å². The SMILES string of the molecule is COCCn1c(SCC(=O)NC(Cc2ccccc2)C(C)=O)nc2ccccc21. The van der Waals surface area contributed by atoms with Crippen molar-refractivity contribution in [3.8, 4) is 0 Å². The first kappa shape index (κ1) is 21.1. The van der Waals surface area contributed by atoms with Crippen LogP contribution in [0.2, 0.25) is 0 Å². The number of nitrogens with zero attached hydrogens (tertiary/aromatic N) is 2.